The summed E-state index contributed by atoms with van der Waals surface area (Å²) in [5.74, 6) is 1.26. The first kappa shape index (κ1) is 8.02. The first-order valence-corrected chi connectivity index (χ1v) is 3.80. The molecule has 0 aromatic heterocycles. The summed E-state index contributed by atoms with van der Waals surface area (Å²) in [6.07, 6.45) is 1.98. The molecule has 0 amide bonds. The molecule has 0 heterocycles. The fourth-order valence-corrected chi connectivity index (χ4v) is 1.10. The Morgan fingerprint density at radius 3 is 2.50 bits per heavy atom. The lowest BCUT2D eigenvalue weighted by molar-refractivity contribution is 0.559. The van der Waals surface area contributed by atoms with Crippen LogP contribution in [0, 0.1) is 12.8 Å². The van der Waals surface area contributed by atoms with E-state index in [0.29, 0.717) is 17.6 Å². The Morgan fingerprint density at radius 1 is 1.75 bits per heavy atom. The maximum Gasteiger partial charge on any atom is 0.458 e. The van der Waals surface area contributed by atoms with Crippen LogP contribution in [0.4, 0.5) is 0 Å². The predicted molar refractivity (Wildman–Crippen MR) is 36.7 cm³/mol. The maximum atomic E-state index is 9.95. The molecule has 0 aliphatic carbocycles. The molecule has 0 spiro atoms. The summed E-state index contributed by atoms with van der Waals surface area (Å²) in [6.45, 7) is 5.81. The van der Waals surface area contributed by atoms with Gasteiger partial charge in [-0.25, -0.2) is 0 Å². The largest absolute Gasteiger partial charge is 0.458 e. The highest BCUT2D eigenvalue weighted by Gasteiger charge is 2.09. The molecule has 1 nitrogen and oxygen atoms in total. The molecule has 0 fully saturated rings. The molecular formula is C6H12OS+. The highest BCUT2D eigenvalue weighted by Crippen LogP contribution is 2.04. The first-order chi connectivity index (χ1) is 3.85. The van der Waals surface area contributed by atoms with Gasteiger partial charge in [0.15, 0.2) is 0 Å². The molecule has 2 heteroatoms. The molecule has 0 N–H and O–H groups in total. The monoisotopic (exact) mass is 132 g/mol. The van der Waals surface area contributed by atoms with Crippen molar-refractivity contribution in [2.45, 2.75) is 19.8 Å². The molecule has 1 radical (unpaired) electrons. The zero-order valence-corrected chi connectivity index (χ0v) is 6.04. The third-order valence-electron chi connectivity index (χ3n) is 1.29. The van der Waals surface area contributed by atoms with Crippen molar-refractivity contribution in [3.05, 3.63) is 6.92 Å². The molecule has 0 aromatic carbocycles. The quantitative estimate of drug-likeness (QED) is 0.532. The molecule has 0 aliphatic heterocycles. The molecule has 47 valence electrons. The van der Waals surface area contributed by atoms with Gasteiger partial charge < -0.3 is 0 Å². The Hall–Kier alpha value is 0.0200. The summed E-state index contributed by atoms with van der Waals surface area (Å²) in [6, 6.07) is 0. The van der Waals surface area contributed by atoms with Crippen molar-refractivity contribution >= 4 is 11.7 Å². The van der Waals surface area contributed by atoms with Crippen LogP contribution in [-0.2, 0) is 15.9 Å². The molecule has 0 bridgehead atoms. The van der Waals surface area contributed by atoms with Crippen LogP contribution in [0.2, 0.25) is 0 Å². The van der Waals surface area contributed by atoms with Gasteiger partial charge in [-0.15, -0.1) is 0 Å². The van der Waals surface area contributed by atoms with Gasteiger partial charge in [-0.2, -0.15) is 0 Å². The number of hydrogen-bond donors (Lipinski definition) is 0. The molecule has 0 aromatic rings. The van der Waals surface area contributed by atoms with Gasteiger partial charge in [0.05, 0.1) is 0 Å². The van der Waals surface area contributed by atoms with Crippen LogP contribution in [0.1, 0.15) is 19.8 Å². The summed E-state index contributed by atoms with van der Waals surface area (Å²) >= 11 is 0.669. The maximum absolute atomic E-state index is 9.95. The highest BCUT2D eigenvalue weighted by atomic mass is 32.1. The Morgan fingerprint density at radius 2 is 2.38 bits per heavy atom. The van der Waals surface area contributed by atoms with Crippen molar-refractivity contribution in [1.29, 1.82) is 0 Å². The van der Waals surface area contributed by atoms with Crippen molar-refractivity contribution in [1.82, 2.24) is 0 Å². The smallest absolute Gasteiger partial charge is 0.0649 e. The minimum absolute atomic E-state index is 0.539. The van der Waals surface area contributed by atoms with E-state index in [1.807, 2.05) is 0 Å². The third kappa shape index (κ3) is 3.08. The molecule has 8 heavy (non-hydrogen) atoms. The zero-order chi connectivity index (χ0) is 6.41. The van der Waals surface area contributed by atoms with E-state index in [1.165, 1.54) is 0 Å². The first-order valence-electron chi connectivity index (χ1n) is 2.89. The summed E-state index contributed by atoms with van der Waals surface area (Å²) in [4.78, 5) is 0. The number of hydrogen-bond acceptors (Lipinski definition) is 1. The molecule has 0 rings (SSSR count). The molecular weight excluding hydrogens is 120 g/mol. The van der Waals surface area contributed by atoms with E-state index >= 15 is 0 Å². The van der Waals surface area contributed by atoms with Crippen molar-refractivity contribution < 1.29 is 4.21 Å². The lowest BCUT2D eigenvalue weighted by atomic mass is 10.1. The minimum atomic E-state index is 0.539. The normalized spacial score (nSPS) is 9.88. The highest BCUT2D eigenvalue weighted by molar-refractivity contribution is 7.65. The second-order valence-electron chi connectivity index (χ2n) is 1.85. The molecule has 1 atom stereocenters. The van der Waals surface area contributed by atoms with E-state index in [0.717, 1.165) is 18.6 Å². The summed E-state index contributed by atoms with van der Waals surface area (Å²) in [5.41, 5.74) is 0. The van der Waals surface area contributed by atoms with Gasteiger partial charge in [0.25, 0.3) is 0 Å². The molecule has 0 saturated carbocycles. The van der Waals surface area contributed by atoms with Crippen molar-refractivity contribution in [2.75, 3.05) is 5.75 Å². The van der Waals surface area contributed by atoms with E-state index in [2.05, 4.69) is 13.8 Å². The Labute approximate surface area is 55.0 Å². The van der Waals surface area contributed by atoms with Gasteiger partial charge in [0.2, 0.25) is 5.75 Å². The van der Waals surface area contributed by atoms with Gasteiger partial charge in [-0.1, -0.05) is 13.8 Å². The van der Waals surface area contributed by atoms with Gasteiger partial charge in [0, 0.05) is 10.1 Å². The average Bonchev–Trinajstić information content (AvgIpc) is 1.83. The summed E-state index contributed by atoms with van der Waals surface area (Å²) in [5, 5.41) is 0. The van der Waals surface area contributed by atoms with Crippen molar-refractivity contribution in [3.8, 4) is 0 Å². The van der Waals surface area contributed by atoms with E-state index in [1.54, 1.807) is 0 Å². The van der Waals surface area contributed by atoms with E-state index < -0.39 is 0 Å². The number of rotatable bonds is 4. The van der Waals surface area contributed by atoms with Gasteiger partial charge in [-0.05, 0) is 12.8 Å². The second-order valence-corrected chi connectivity index (χ2v) is 2.42. The standard InChI is InChI=1S/C6H12OS/c1-3-6(4-2)5-8-7/h6H,1,3-5H2,2H3/q+1. The van der Waals surface area contributed by atoms with Gasteiger partial charge in [0.1, 0.15) is 0 Å². The second kappa shape index (κ2) is 5.16. The predicted octanol–water partition coefficient (Wildman–Crippen LogP) is 1.66. The van der Waals surface area contributed by atoms with Crippen LogP contribution in [-0.4, -0.2) is 5.75 Å². The van der Waals surface area contributed by atoms with Crippen LogP contribution >= 0.6 is 0 Å². The Balaban J connectivity index is 3.20. The average molecular weight is 132 g/mol. The fourth-order valence-electron chi connectivity index (χ4n) is 0.502. The van der Waals surface area contributed by atoms with Crippen LogP contribution < -0.4 is 0 Å². The Kier molecular flexibility index (Phi) is 5.18. The van der Waals surface area contributed by atoms with Gasteiger partial charge >= 0.3 is 11.7 Å². The lowest BCUT2D eigenvalue weighted by Crippen LogP contribution is -2.01. The zero-order valence-electron chi connectivity index (χ0n) is 5.22. The molecule has 0 saturated heterocycles. The fraction of sp³-hybridized carbons (Fsp3) is 0.833. The molecule has 1 unspecified atom stereocenters. The van der Waals surface area contributed by atoms with Gasteiger partial charge in [-0.3, -0.25) is 0 Å². The third-order valence-corrected chi connectivity index (χ3v) is 1.90. The van der Waals surface area contributed by atoms with E-state index in [-0.39, 0.29) is 0 Å². The Bertz CT molecular complexity index is 59.5. The van der Waals surface area contributed by atoms with Crippen molar-refractivity contribution in [2.24, 2.45) is 5.92 Å². The van der Waals surface area contributed by atoms with Crippen LogP contribution in [0.15, 0.2) is 0 Å². The van der Waals surface area contributed by atoms with Crippen LogP contribution in [0.25, 0.3) is 0 Å². The van der Waals surface area contributed by atoms with Crippen LogP contribution in [0.5, 0.6) is 0 Å². The SMILES string of the molecule is [CH2]CC(CC)C[S+]=O. The summed E-state index contributed by atoms with van der Waals surface area (Å²) in [7, 11) is 0. The van der Waals surface area contributed by atoms with E-state index in [4.69, 9.17) is 0 Å². The van der Waals surface area contributed by atoms with Crippen LogP contribution in [0.3, 0.4) is 0 Å². The van der Waals surface area contributed by atoms with Crippen molar-refractivity contribution in [3.63, 3.8) is 0 Å². The minimum Gasteiger partial charge on any atom is -0.0649 e. The van der Waals surface area contributed by atoms with E-state index in [9.17, 15) is 4.21 Å². The topological polar surface area (TPSA) is 17.1 Å². The summed E-state index contributed by atoms with van der Waals surface area (Å²) < 4.78 is 9.95. The lowest BCUT2D eigenvalue weighted by Gasteiger charge is -1.97. The molecule has 0 aliphatic rings.